The van der Waals surface area contributed by atoms with E-state index in [1.54, 1.807) is 0 Å². The Morgan fingerprint density at radius 2 is 2.38 bits per heavy atom. The van der Waals surface area contributed by atoms with Gasteiger partial charge in [-0.15, -0.1) is 0 Å². The topological polar surface area (TPSA) is 53.9 Å². The highest BCUT2D eigenvalue weighted by Gasteiger charge is 2.21. The third-order valence-electron chi connectivity index (χ3n) is 2.96. The van der Waals surface area contributed by atoms with Gasteiger partial charge in [0.2, 0.25) is 0 Å². The molecule has 3 N–H and O–H groups in total. The molecule has 0 saturated carbocycles. The van der Waals surface area contributed by atoms with Crippen molar-refractivity contribution in [1.29, 1.82) is 0 Å². The van der Waals surface area contributed by atoms with Crippen molar-refractivity contribution in [3.05, 3.63) is 12.3 Å². The zero-order valence-corrected chi connectivity index (χ0v) is 10.0. The molecule has 1 aliphatic heterocycles. The van der Waals surface area contributed by atoms with Crippen LogP contribution >= 0.6 is 0 Å². The maximum Gasteiger partial charge on any atom is 0.124 e. The molecule has 90 valence electrons. The van der Waals surface area contributed by atoms with Gasteiger partial charge >= 0.3 is 0 Å². The van der Waals surface area contributed by atoms with Crippen molar-refractivity contribution in [2.45, 2.75) is 13.0 Å². The number of aromatic nitrogens is 2. The van der Waals surface area contributed by atoms with Crippen molar-refractivity contribution in [3.63, 3.8) is 0 Å². The Kier molecular flexibility index (Phi) is 3.79. The summed E-state index contributed by atoms with van der Waals surface area (Å²) >= 11 is 0. The predicted octanol–water partition coefficient (Wildman–Crippen LogP) is 0.295. The zero-order chi connectivity index (χ0) is 11.4. The zero-order valence-electron chi connectivity index (χ0n) is 10.0. The summed E-state index contributed by atoms with van der Waals surface area (Å²) in [5.41, 5.74) is 0. The average molecular weight is 223 g/mol. The molecule has 0 aromatic carbocycles. The van der Waals surface area contributed by atoms with Crippen LogP contribution in [-0.2, 0) is 0 Å². The Bertz CT molecular complexity index is 318. The van der Waals surface area contributed by atoms with Gasteiger partial charge in [0.1, 0.15) is 5.82 Å². The lowest BCUT2D eigenvalue weighted by Gasteiger charge is -2.29. The molecule has 0 spiro atoms. The lowest BCUT2D eigenvalue weighted by molar-refractivity contribution is 0.321. The molecule has 2 heterocycles. The highest BCUT2D eigenvalue weighted by molar-refractivity contribution is 5.34. The van der Waals surface area contributed by atoms with E-state index in [-0.39, 0.29) is 0 Å². The molecule has 5 nitrogen and oxygen atoms in total. The van der Waals surface area contributed by atoms with Gasteiger partial charge in [-0.05, 0) is 19.5 Å². The van der Waals surface area contributed by atoms with Gasteiger partial charge in [-0.25, -0.2) is 4.68 Å². The fourth-order valence-electron chi connectivity index (χ4n) is 1.89. The van der Waals surface area contributed by atoms with E-state index in [4.69, 9.17) is 0 Å². The highest BCUT2D eigenvalue weighted by Crippen LogP contribution is 2.17. The van der Waals surface area contributed by atoms with Gasteiger partial charge in [0.15, 0.2) is 0 Å². The smallest absolute Gasteiger partial charge is 0.124 e. The first-order chi connectivity index (χ1) is 7.81. The molecule has 1 aromatic rings. The van der Waals surface area contributed by atoms with Gasteiger partial charge in [-0.3, -0.25) is 0 Å². The molecule has 1 aliphatic rings. The van der Waals surface area contributed by atoms with E-state index in [1.807, 2.05) is 19.3 Å². The van der Waals surface area contributed by atoms with E-state index in [9.17, 15) is 0 Å². The Morgan fingerprint density at radius 1 is 1.56 bits per heavy atom. The van der Waals surface area contributed by atoms with Crippen molar-refractivity contribution in [2.24, 2.45) is 5.92 Å². The van der Waals surface area contributed by atoms with E-state index in [0.717, 1.165) is 32.0 Å². The quantitative estimate of drug-likeness (QED) is 0.649. The molecule has 2 rings (SSSR count). The highest BCUT2D eigenvalue weighted by atomic mass is 15.4. The van der Waals surface area contributed by atoms with E-state index >= 15 is 0 Å². The maximum absolute atomic E-state index is 4.36. The first-order valence-corrected chi connectivity index (χ1v) is 5.94. The molecule has 1 unspecified atom stereocenters. The molecular weight excluding hydrogens is 202 g/mol. The van der Waals surface area contributed by atoms with Crippen LogP contribution in [0.2, 0.25) is 0 Å². The van der Waals surface area contributed by atoms with Crippen molar-refractivity contribution in [2.75, 3.05) is 38.5 Å². The molecule has 0 aliphatic carbocycles. The summed E-state index contributed by atoms with van der Waals surface area (Å²) in [5.74, 6) is 1.75. The van der Waals surface area contributed by atoms with Crippen molar-refractivity contribution in [3.8, 4) is 0 Å². The minimum Gasteiger partial charge on any atom is -0.370 e. The van der Waals surface area contributed by atoms with Crippen molar-refractivity contribution < 1.29 is 0 Å². The normalized spacial score (nSPS) is 18.1. The monoisotopic (exact) mass is 223 g/mol. The van der Waals surface area contributed by atoms with Crippen LogP contribution in [0.1, 0.15) is 13.0 Å². The lowest BCUT2D eigenvalue weighted by Crippen LogP contribution is -2.44. The maximum atomic E-state index is 4.36. The van der Waals surface area contributed by atoms with E-state index in [1.165, 1.54) is 0 Å². The number of hydrogen-bond donors (Lipinski definition) is 3. The molecule has 5 heteroatoms. The van der Waals surface area contributed by atoms with Gasteiger partial charge < -0.3 is 16.0 Å². The Morgan fingerprint density at radius 3 is 3.00 bits per heavy atom. The summed E-state index contributed by atoms with van der Waals surface area (Å²) in [5, 5.41) is 14.3. The van der Waals surface area contributed by atoms with Gasteiger partial charge in [-0.1, -0.05) is 6.92 Å². The SMILES string of the molecule is CNCC(C)CNc1ccnn1C1CNC1. The van der Waals surface area contributed by atoms with Gasteiger partial charge in [0.05, 0.1) is 12.2 Å². The number of nitrogens with one attached hydrogen (secondary N) is 3. The lowest BCUT2D eigenvalue weighted by atomic mass is 10.2. The van der Waals surface area contributed by atoms with E-state index < -0.39 is 0 Å². The second-order valence-corrected chi connectivity index (χ2v) is 4.52. The molecule has 0 amide bonds. The molecule has 1 saturated heterocycles. The third kappa shape index (κ3) is 2.54. The van der Waals surface area contributed by atoms with E-state index in [2.05, 4.69) is 32.7 Å². The molecule has 0 radical (unpaired) electrons. The average Bonchev–Trinajstić information content (AvgIpc) is 2.61. The van der Waals surface area contributed by atoms with Gasteiger partial charge in [0, 0.05) is 25.7 Å². The second kappa shape index (κ2) is 5.32. The van der Waals surface area contributed by atoms with Crippen LogP contribution in [0.25, 0.3) is 0 Å². The fourth-order valence-corrected chi connectivity index (χ4v) is 1.89. The Balaban J connectivity index is 1.86. The molecule has 16 heavy (non-hydrogen) atoms. The van der Waals surface area contributed by atoms with Gasteiger partial charge in [0.25, 0.3) is 0 Å². The predicted molar refractivity (Wildman–Crippen MR) is 65.7 cm³/mol. The van der Waals surface area contributed by atoms with Crippen LogP contribution in [-0.4, -0.2) is 43.0 Å². The number of anilines is 1. The summed E-state index contributed by atoms with van der Waals surface area (Å²) in [7, 11) is 1.99. The summed E-state index contributed by atoms with van der Waals surface area (Å²) < 4.78 is 2.09. The van der Waals surface area contributed by atoms with Crippen LogP contribution in [0.15, 0.2) is 12.3 Å². The van der Waals surface area contributed by atoms with Crippen LogP contribution in [0.5, 0.6) is 0 Å². The minimum absolute atomic E-state index is 0.525. The largest absolute Gasteiger partial charge is 0.370 e. The van der Waals surface area contributed by atoms with Crippen LogP contribution < -0.4 is 16.0 Å². The van der Waals surface area contributed by atoms with E-state index in [0.29, 0.717) is 12.0 Å². The Hall–Kier alpha value is -1.07. The fraction of sp³-hybridized carbons (Fsp3) is 0.727. The minimum atomic E-state index is 0.525. The number of rotatable bonds is 6. The second-order valence-electron chi connectivity index (χ2n) is 4.52. The standard InChI is InChI=1S/C11H21N5/c1-9(5-12-2)6-14-11-3-4-15-16(11)10-7-13-8-10/h3-4,9-10,12-14H,5-8H2,1-2H3. The van der Waals surface area contributed by atoms with Crippen LogP contribution in [0, 0.1) is 5.92 Å². The molecule has 1 aromatic heterocycles. The Labute approximate surface area is 96.6 Å². The van der Waals surface area contributed by atoms with Gasteiger partial charge in [-0.2, -0.15) is 5.10 Å². The van der Waals surface area contributed by atoms with Crippen LogP contribution in [0.3, 0.4) is 0 Å². The summed E-state index contributed by atoms with van der Waals surface area (Å²) in [4.78, 5) is 0. The first kappa shape index (κ1) is 11.4. The number of hydrogen-bond acceptors (Lipinski definition) is 4. The van der Waals surface area contributed by atoms with Crippen LogP contribution in [0.4, 0.5) is 5.82 Å². The summed E-state index contributed by atoms with van der Waals surface area (Å²) in [6.07, 6.45) is 1.86. The molecule has 0 bridgehead atoms. The molecule has 1 fully saturated rings. The molecular formula is C11H21N5. The number of nitrogens with zero attached hydrogens (tertiary/aromatic N) is 2. The summed E-state index contributed by atoms with van der Waals surface area (Å²) in [6.45, 7) is 6.30. The summed E-state index contributed by atoms with van der Waals surface area (Å²) in [6, 6.07) is 2.57. The third-order valence-corrected chi connectivity index (χ3v) is 2.96. The van der Waals surface area contributed by atoms with Crippen molar-refractivity contribution >= 4 is 5.82 Å². The molecule has 1 atom stereocenters. The van der Waals surface area contributed by atoms with Crippen molar-refractivity contribution in [1.82, 2.24) is 20.4 Å². The first-order valence-electron chi connectivity index (χ1n) is 5.94.